The average molecular weight is 410 g/mol. The van der Waals surface area contributed by atoms with Crippen LogP contribution in [0, 0.1) is 5.21 Å². The molecule has 0 aliphatic carbocycles. The van der Waals surface area contributed by atoms with Crippen molar-refractivity contribution in [1.82, 2.24) is 5.43 Å². The predicted molar refractivity (Wildman–Crippen MR) is 116 cm³/mol. The fourth-order valence-corrected chi connectivity index (χ4v) is 4.18. The number of hydrogen-bond donors (Lipinski definition) is 1. The molecule has 1 heterocycles. The van der Waals surface area contributed by atoms with E-state index in [2.05, 4.69) is 34.8 Å². The van der Waals surface area contributed by atoms with Crippen molar-refractivity contribution in [2.45, 2.75) is 11.5 Å². The number of benzene rings is 2. The molecule has 0 unspecified atom stereocenters. The van der Waals surface area contributed by atoms with Gasteiger partial charge in [-0.05, 0) is 17.2 Å². The Bertz CT molecular complexity index is 889. The molecule has 0 radical (unpaired) electrons. The van der Waals surface area contributed by atoms with E-state index in [-0.39, 0.29) is 5.69 Å². The lowest BCUT2D eigenvalue weighted by molar-refractivity contribution is -0.607. The highest BCUT2D eigenvalue weighted by molar-refractivity contribution is 8.38. The Labute approximate surface area is 172 Å². The van der Waals surface area contributed by atoms with Gasteiger partial charge < -0.3 is 5.21 Å². The first-order valence-corrected chi connectivity index (χ1v) is 10.6. The Hall–Kier alpha value is -2.77. The van der Waals surface area contributed by atoms with Crippen molar-refractivity contribution in [3.8, 4) is 0 Å². The molecule has 0 spiro atoms. The van der Waals surface area contributed by atoms with Crippen molar-refractivity contribution in [1.29, 1.82) is 0 Å². The lowest BCUT2D eigenvalue weighted by Crippen LogP contribution is -2.37. The number of carbonyl (C=O) groups is 1. The van der Waals surface area contributed by atoms with Crippen LogP contribution in [0.25, 0.3) is 0 Å². The topological polar surface area (TPSA) is 68.4 Å². The molecule has 0 aliphatic rings. The largest absolute Gasteiger partial charge is 0.618 e. The maximum atomic E-state index is 12.3. The number of pyridine rings is 1. The van der Waals surface area contributed by atoms with Gasteiger partial charge in [-0.15, -0.1) is 0 Å². The third kappa shape index (κ3) is 6.14. The smallest absolute Gasteiger partial charge is 0.337 e. The number of nitrogens with zero attached hydrogens (tertiary/aromatic N) is 2. The van der Waals surface area contributed by atoms with Crippen molar-refractivity contribution < 1.29 is 9.52 Å². The molecule has 0 bridgehead atoms. The molecule has 28 heavy (non-hydrogen) atoms. The van der Waals surface area contributed by atoms with Crippen LogP contribution in [0.3, 0.4) is 0 Å². The molecule has 142 valence electrons. The molecule has 1 aromatic heterocycles. The van der Waals surface area contributed by atoms with E-state index in [9.17, 15) is 10.0 Å². The van der Waals surface area contributed by atoms with Gasteiger partial charge in [-0.2, -0.15) is 9.83 Å². The SMILES string of the molecule is O=C(NN=C(SCc1ccccc1)SCc1ccccc1)c1cccc[n+]1[O-]. The first-order valence-electron chi connectivity index (χ1n) is 8.62. The monoisotopic (exact) mass is 409 g/mol. The van der Waals surface area contributed by atoms with Crippen LogP contribution in [0.15, 0.2) is 90.2 Å². The van der Waals surface area contributed by atoms with Crippen molar-refractivity contribution >= 4 is 33.8 Å². The Morgan fingerprint density at radius 1 is 0.857 bits per heavy atom. The highest BCUT2D eigenvalue weighted by Crippen LogP contribution is 2.24. The zero-order chi connectivity index (χ0) is 19.6. The number of rotatable bonds is 6. The molecule has 0 saturated carbocycles. The van der Waals surface area contributed by atoms with E-state index < -0.39 is 5.91 Å². The van der Waals surface area contributed by atoms with E-state index in [4.69, 9.17) is 0 Å². The fourth-order valence-electron chi connectivity index (χ4n) is 2.30. The van der Waals surface area contributed by atoms with Gasteiger partial charge in [0.1, 0.15) is 0 Å². The van der Waals surface area contributed by atoms with Crippen molar-refractivity contribution in [3.63, 3.8) is 0 Å². The van der Waals surface area contributed by atoms with E-state index >= 15 is 0 Å². The van der Waals surface area contributed by atoms with Crippen molar-refractivity contribution in [3.05, 3.63) is 107 Å². The summed E-state index contributed by atoms with van der Waals surface area (Å²) in [7, 11) is 0. The summed E-state index contributed by atoms with van der Waals surface area (Å²) < 4.78 is 1.26. The standard InChI is InChI=1S/C21H19N3O2S2/c25-20(19-13-7-8-14-24(19)26)22-23-21(27-15-17-9-3-1-4-10-17)28-16-18-11-5-2-6-12-18/h1-14H,15-16H2,(H,22,25). The third-order valence-electron chi connectivity index (χ3n) is 3.72. The number of amides is 1. The molecule has 0 aliphatic heterocycles. The van der Waals surface area contributed by atoms with Crippen LogP contribution in [-0.2, 0) is 11.5 Å². The van der Waals surface area contributed by atoms with E-state index in [1.54, 1.807) is 35.7 Å². The molecule has 0 saturated heterocycles. The van der Waals surface area contributed by atoms with Gasteiger partial charge in [0.05, 0.1) is 0 Å². The molecule has 0 fully saturated rings. The van der Waals surface area contributed by atoms with Gasteiger partial charge in [0, 0.05) is 23.6 Å². The van der Waals surface area contributed by atoms with E-state index in [1.165, 1.54) is 23.4 Å². The zero-order valence-corrected chi connectivity index (χ0v) is 16.7. The van der Waals surface area contributed by atoms with Gasteiger partial charge in [-0.3, -0.25) is 4.79 Å². The fraction of sp³-hybridized carbons (Fsp3) is 0.0952. The summed E-state index contributed by atoms with van der Waals surface area (Å²) in [6.45, 7) is 0. The lowest BCUT2D eigenvalue weighted by Gasteiger charge is -2.07. The Kier molecular flexibility index (Phi) is 7.52. The minimum atomic E-state index is -0.534. The molecule has 1 N–H and O–H groups in total. The molecular formula is C21H19N3O2S2. The van der Waals surface area contributed by atoms with Gasteiger partial charge in [-0.25, -0.2) is 5.43 Å². The van der Waals surface area contributed by atoms with Crippen LogP contribution >= 0.6 is 23.5 Å². The van der Waals surface area contributed by atoms with Crippen LogP contribution in [0.5, 0.6) is 0 Å². The summed E-state index contributed by atoms with van der Waals surface area (Å²) in [5, 5.41) is 16.0. The second-order valence-corrected chi connectivity index (χ2v) is 7.97. The van der Waals surface area contributed by atoms with Gasteiger partial charge in [0.2, 0.25) is 0 Å². The molecule has 7 heteroatoms. The van der Waals surface area contributed by atoms with Crippen LogP contribution in [0.1, 0.15) is 21.6 Å². The van der Waals surface area contributed by atoms with Crippen LogP contribution in [0.4, 0.5) is 0 Å². The van der Waals surface area contributed by atoms with Gasteiger partial charge in [0.15, 0.2) is 10.6 Å². The highest BCUT2D eigenvalue weighted by atomic mass is 32.2. The van der Waals surface area contributed by atoms with E-state index in [0.29, 0.717) is 4.73 Å². The second kappa shape index (κ2) is 10.5. The third-order valence-corrected chi connectivity index (χ3v) is 6.05. The zero-order valence-electron chi connectivity index (χ0n) is 15.0. The summed E-state index contributed by atoms with van der Waals surface area (Å²) in [5.41, 5.74) is 4.85. The Morgan fingerprint density at radius 3 is 1.93 bits per heavy atom. The van der Waals surface area contributed by atoms with Gasteiger partial charge >= 0.3 is 5.91 Å². The van der Waals surface area contributed by atoms with Crippen LogP contribution in [0.2, 0.25) is 0 Å². The van der Waals surface area contributed by atoms with Crippen LogP contribution < -0.4 is 10.2 Å². The van der Waals surface area contributed by atoms with Gasteiger partial charge in [0.25, 0.3) is 5.69 Å². The summed E-state index contributed by atoms with van der Waals surface area (Å²) in [5.74, 6) is 0.947. The maximum Gasteiger partial charge on any atom is 0.337 e. The van der Waals surface area contributed by atoms with Crippen LogP contribution in [-0.4, -0.2) is 10.3 Å². The number of carbonyl (C=O) groups excluding carboxylic acids is 1. The quantitative estimate of drug-likeness (QED) is 0.218. The normalized spacial score (nSPS) is 10.3. The molecular weight excluding hydrogens is 390 g/mol. The number of hydrogen-bond acceptors (Lipinski definition) is 5. The highest BCUT2D eigenvalue weighted by Gasteiger charge is 2.15. The average Bonchev–Trinajstić information content (AvgIpc) is 2.75. The minimum absolute atomic E-state index is 0.00622. The first kappa shape index (κ1) is 20.0. The van der Waals surface area contributed by atoms with E-state index in [0.717, 1.165) is 15.9 Å². The number of nitrogens with one attached hydrogen (secondary N) is 1. The van der Waals surface area contributed by atoms with Crippen molar-refractivity contribution in [2.24, 2.45) is 5.10 Å². The molecule has 5 nitrogen and oxygen atoms in total. The lowest BCUT2D eigenvalue weighted by atomic mass is 10.2. The Balaban J connectivity index is 1.67. The number of aromatic nitrogens is 1. The molecule has 2 aromatic carbocycles. The Morgan fingerprint density at radius 2 is 1.39 bits per heavy atom. The molecule has 0 atom stereocenters. The summed E-state index contributed by atoms with van der Waals surface area (Å²) in [4.78, 5) is 12.3. The van der Waals surface area contributed by atoms with E-state index in [1.807, 2.05) is 36.4 Å². The summed E-state index contributed by atoms with van der Waals surface area (Å²) >= 11 is 3.10. The molecule has 1 amide bonds. The van der Waals surface area contributed by atoms with Crippen molar-refractivity contribution in [2.75, 3.05) is 0 Å². The molecule has 3 aromatic rings. The predicted octanol–water partition coefficient (Wildman–Crippen LogP) is 4.19. The second-order valence-electron chi connectivity index (χ2n) is 5.78. The number of thioether (sulfide) groups is 2. The first-order chi connectivity index (χ1) is 13.7. The molecule has 3 rings (SSSR count). The van der Waals surface area contributed by atoms with Gasteiger partial charge in [-0.1, -0.05) is 84.2 Å². The minimum Gasteiger partial charge on any atom is -0.618 e. The number of hydrazone groups is 1. The summed E-state index contributed by atoms with van der Waals surface area (Å²) in [6, 6.07) is 24.8. The maximum absolute atomic E-state index is 12.3. The summed E-state index contributed by atoms with van der Waals surface area (Å²) in [6.07, 6.45) is 1.29.